The van der Waals surface area contributed by atoms with Gasteiger partial charge in [-0.3, -0.25) is 9.69 Å². The quantitative estimate of drug-likeness (QED) is 0.550. The van der Waals surface area contributed by atoms with Gasteiger partial charge in [-0.2, -0.15) is 0 Å². The smallest absolute Gasteiger partial charge is 0.251 e. The van der Waals surface area contributed by atoms with Crippen LogP contribution in [0.25, 0.3) is 10.8 Å². The van der Waals surface area contributed by atoms with Gasteiger partial charge in [0, 0.05) is 25.2 Å². The first-order valence-corrected chi connectivity index (χ1v) is 10.9. The fraction of sp³-hybridized carbons (Fsp3) is 0.346. The standard InChI is InChI=1S/C26H30N2O3/c1-30-24-16-21-11-14-28(18-23(21)17-25(24)31-2)13-6-5-12-27-26(29)22-10-9-19-7-3-4-8-20(19)15-22/h3-4,7-10,15-17H,5-6,11-14,18H2,1-2H3,(H,27,29). The van der Waals surface area contributed by atoms with Gasteiger partial charge in [0.05, 0.1) is 14.2 Å². The molecule has 3 aromatic carbocycles. The number of amides is 1. The Morgan fingerprint density at radius 2 is 1.68 bits per heavy atom. The lowest BCUT2D eigenvalue weighted by molar-refractivity contribution is 0.0952. The molecule has 4 rings (SSSR count). The minimum atomic E-state index is -0.00121. The Balaban J connectivity index is 1.22. The highest BCUT2D eigenvalue weighted by atomic mass is 16.5. The second kappa shape index (κ2) is 9.84. The van der Waals surface area contributed by atoms with Crippen LogP contribution in [0.3, 0.4) is 0 Å². The van der Waals surface area contributed by atoms with Crippen molar-refractivity contribution in [2.45, 2.75) is 25.8 Å². The monoisotopic (exact) mass is 418 g/mol. The lowest BCUT2D eigenvalue weighted by atomic mass is 9.98. The van der Waals surface area contributed by atoms with E-state index >= 15 is 0 Å². The fourth-order valence-electron chi connectivity index (χ4n) is 4.23. The van der Waals surface area contributed by atoms with Crippen molar-refractivity contribution in [2.24, 2.45) is 0 Å². The average molecular weight is 419 g/mol. The van der Waals surface area contributed by atoms with Crippen LogP contribution >= 0.6 is 0 Å². The lowest BCUT2D eigenvalue weighted by Gasteiger charge is -2.29. The molecule has 5 nitrogen and oxygen atoms in total. The molecule has 5 heteroatoms. The number of rotatable bonds is 8. The molecule has 162 valence electrons. The summed E-state index contributed by atoms with van der Waals surface area (Å²) in [6.07, 6.45) is 3.05. The Morgan fingerprint density at radius 3 is 2.45 bits per heavy atom. The molecule has 0 aromatic heterocycles. The maximum absolute atomic E-state index is 12.5. The minimum Gasteiger partial charge on any atom is -0.493 e. The second-order valence-electron chi connectivity index (χ2n) is 8.03. The fourth-order valence-corrected chi connectivity index (χ4v) is 4.23. The van der Waals surface area contributed by atoms with Crippen LogP contribution < -0.4 is 14.8 Å². The van der Waals surface area contributed by atoms with E-state index in [4.69, 9.17) is 9.47 Å². The first-order valence-electron chi connectivity index (χ1n) is 10.9. The van der Waals surface area contributed by atoms with E-state index < -0.39 is 0 Å². The van der Waals surface area contributed by atoms with Crippen LogP contribution in [0.1, 0.15) is 34.3 Å². The van der Waals surface area contributed by atoms with E-state index in [9.17, 15) is 4.79 Å². The number of benzene rings is 3. The van der Waals surface area contributed by atoms with Gasteiger partial charge in [0.15, 0.2) is 11.5 Å². The SMILES string of the molecule is COc1cc2c(cc1OC)CN(CCCCNC(=O)c1ccc3ccccc3c1)CC2. The summed E-state index contributed by atoms with van der Waals surface area (Å²) >= 11 is 0. The third kappa shape index (κ3) is 5.00. The molecule has 0 radical (unpaired) electrons. The predicted molar refractivity (Wildman–Crippen MR) is 124 cm³/mol. The normalized spacial score (nSPS) is 13.6. The molecular formula is C26H30N2O3. The molecule has 1 aliphatic rings. The van der Waals surface area contributed by atoms with E-state index in [2.05, 4.69) is 28.4 Å². The predicted octanol–water partition coefficient (Wildman–Crippen LogP) is 4.43. The summed E-state index contributed by atoms with van der Waals surface area (Å²) in [5, 5.41) is 5.30. The number of methoxy groups -OCH3 is 2. The van der Waals surface area contributed by atoms with Crippen molar-refractivity contribution in [2.75, 3.05) is 33.9 Å². The number of unbranched alkanes of at least 4 members (excludes halogenated alkanes) is 1. The van der Waals surface area contributed by atoms with Gasteiger partial charge >= 0.3 is 0 Å². The number of ether oxygens (including phenoxy) is 2. The van der Waals surface area contributed by atoms with Crippen molar-refractivity contribution in [1.82, 2.24) is 10.2 Å². The van der Waals surface area contributed by atoms with Crippen molar-refractivity contribution < 1.29 is 14.3 Å². The summed E-state index contributed by atoms with van der Waals surface area (Å²) in [7, 11) is 3.36. The maximum atomic E-state index is 12.5. The maximum Gasteiger partial charge on any atom is 0.251 e. The summed E-state index contributed by atoms with van der Waals surface area (Å²) in [6.45, 7) is 3.70. The summed E-state index contributed by atoms with van der Waals surface area (Å²) in [6, 6.07) is 18.2. The Morgan fingerprint density at radius 1 is 0.935 bits per heavy atom. The molecule has 0 unspecified atom stereocenters. The zero-order valence-electron chi connectivity index (χ0n) is 18.3. The summed E-state index contributed by atoms with van der Waals surface area (Å²) in [5.74, 6) is 1.59. The molecule has 31 heavy (non-hydrogen) atoms. The van der Waals surface area contributed by atoms with Gasteiger partial charge in [-0.25, -0.2) is 0 Å². The zero-order chi connectivity index (χ0) is 21.6. The highest BCUT2D eigenvalue weighted by Crippen LogP contribution is 2.33. The van der Waals surface area contributed by atoms with Gasteiger partial charge in [0.2, 0.25) is 0 Å². The molecule has 0 saturated carbocycles. The Hall–Kier alpha value is -3.05. The lowest BCUT2D eigenvalue weighted by Crippen LogP contribution is -2.32. The van der Waals surface area contributed by atoms with E-state index in [-0.39, 0.29) is 5.91 Å². The number of fused-ring (bicyclic) bond motifs is 2. The van der Waals surface area contributed by atoms with Crippen LogP contribution in [0.4, 0.5) is 0 Å². The molecule has 0 bridgehead atoms. The Kier molecular flexibility index (Phi) is 6.73. The Labute approximate surface area is 184 Å². The van der Waals surface area contributed by atoms with Gasteiger partial charge in [-0.1, -0.05) is 30.3 Å². The average Bonchev–Trinajstić information content (AvgIpc) is 2.82. The van der Waals surface area contributed by atoms with Crippen LogP contribution in [0.2, 0.25) is 0 Å². The van der Waals surface area contributed by atoms with Crippen molar-refractivity contribution in [1.29, 1.82) is 0 Å². The van der Waals surface area contributed by atoms with Gasteiger partial charge in [-0.15, -0.1) is 0 Å². The molecule has 0 fully saturated rings. The molecule has 1 amide bonds. The first kappa shape index (κ1) is 21.2. The van der Waals surface area contributed by atoms with Crippen molar-refractivity contribution >= 4 is 16.7 Å². The summed E-state index contributed by atoms with van der Waals surface area (Å²) in [4.78, 5) is 14.9. The van der Waals surface area contributed by atoms with Gasteiger partial charge in [-0.05, 0) is 72.0 Å². The van der Waals surface area contributed by atoms with Crippen LogP contribution in [-0.4, -0.2) is 44.7 Å². The van der Waals surface area contributed by atoms with E-state index in [1.807, 2.05) is 36.4 Å². The van der Waals surface area contributed by atoms with Crippen LogP contribution in [0.5, 0.6) is 11.5 Å². The highest BCUT2D eigenvalue weighted by Gasteiger charge is 2.19. The van der Waals surface area contributed by atoms with Crippen LogP contribution in [0, 0.1) is 0 Å². The minimum absolute atomic E-state index is 0.00121. The van der Waals surface area contributed by atoms with E-state index in [0.29, 0.717) is 6.54 Å². The topological polar surface area (TPSA) is 50.8 Å². The number of carbonyl (C=O) groups excluding carboxylic acids is 1. The molecule has 0 spiro atoms. The highest BCUT2D eigenvalue weighted by molar-refractivity contribution is 5.98. The van der Waals surface area contributed by atoms with Gasteiger partial charge in [0.25, 0.3) is 5.91 Å². The van der Waals surface area contributed by atoms with E-state index in [1.165, 1.54) is 11.1 Å². The van der Waals surface area contributed by atoms with Crippen molar-refractivity contribution in [3.05, 3.63) is 71.3 Å². The van der Waals surface area contributed by atoms with Crippen molar-refractivity contribution in [3.63, 3.8) is 0 Å². The van der Waals surface area contributed by atoms with Gasteiger partial charge < -0.3 is 14.8 Å². The van der Waals surface area contributed by atoms with E-state index in [0.717, 1.165) is 66.7 Å². The third-order valence-corrected chi connectivity index (χ3v) is 6.00. The third-order valence-electron chi connectivity index (χ3n) is 6.00. The molecule has 0 saturated heterocycles. The van der Waals surface area contributed by atoms with Crippen LogP contribution in [0.15, 0.2) is 54.6 Å². The molecule has 0 atom stereocenters. The van der Waals surface area contributed by atoms with Crippen LogP contribution in [-0.2, 0) is 13.0 Å². The largest absolute Gasteiger partial charge is 0.493 e. The van der Waals surface area contributed by atoms with Crippen molar-refractivity contribution in [3.8, 4) is 11.5 Å². The molecular weight excluding hydrogens is 388 g/mol. The summed E-state index contributed by atoms with van der Waals surface area (Å²) in [5.41, 5.74) is 3.38. The number of nitrogens with zero attached hydrogens (tertiary/aromatic N) is 1. The molecule has 0 aliphatic carbocycles. The number of nitrogens with one attached hydrogen (secondary N) is 1. The summed E-state index contributed by atoms with van der Waals surface area (Å²) < 4.78 is 10.9. The number of hydrogen-bond acceptors (Lipinski definition) is 4. The Bertz CT molecular complexity index is 1060. The molecule has 1 N–H and O–H groups in total. The zero-order valence-corrected chi connectivity index (χ0v) is 18.3. The molecule has 1 heterocycles. The van der Waals surface area contributed by atoms with Gasteiger partial charge in [0.1, 0.15) is 0 Å². The van der Waals surface area contributed by atoms with E-state index in [1.54, 1.807) is 14.2 Å². The molecule has 3 aromatic rings. The number of carbonyl (C=O) groups is 1. The second-order valence-corrected chi connectivity index (χ2v) is 8.03. The molecule has 1 aliphatic heterocycles. The first-order chi connectivity index (χ1) is 15.2. The number of hydrogen-bond donors (Lipinski definition) is 1.